The number of carbonyl (C=O) groups excluding carboxylic acids is 1. The predicted molar refractivity (Wildman–Crippen MR) is 57.9 cm³/mol. The molecule has 3 unspecified atom stereocenters. The number of rotatable bonds is 5. The standard InChI is InChI=1S/C11H19NO4/c1-7-4-6-16-9(7)10(13)12-5-3-8(2)11(14)15/h7-9H,3-6H2,1-2H3,(H,12,13)(H,14,15). The first-order chi connectivity index (χ1) is 7.52. The Morgan fingerprint density at radius 3 is 2.75 bits per heavy atom. The molecule has 16 heavy (non-hydrogen) atoms. The summed E-state index contributed by atoms with van der Waals surface area (Å²) < 4.78 is 5.30. The number of carboxylic acid groups (broad SMARTS) is 1. The molecular formula is C11H19NO4. The second-order valence-electron chi connectivity index (χ2n) is 4.38. The van der Waals surface area contributed by atoms with Crippen molar-refractivity contribution in [1.82, 2.24) is 5.32 Å². The third-order valence-corrected chi connectivity index (χ3v) is 2.94. The summed E-state index contributed by atoms with van der Waals surface area (Å²) in [4.78, 5) is 22.2. The van der Waals surface area contributed by atoms with Crippen molar-refractivity contribution < 1.29 is 19.4 Å². The van der Waals surface area contributed by atoms with Gasteiger partial charge in [0.25, 0.3) is 0 Å². The Morgan fingerprint density at radius 1 is 1.56 bits per heavy atom. The highest BCUT2D eigenvalue weighted by Gasteiger charge is 2.30. The van der Waals surface area contributed by atoms with Crippen LogP contribution in [0.25, 0.3) is 0 Å². The van der Waals surface area contributed by atoms with Crippen LogP contribution in [0.2, 0.25) is 0 Å². The molecule has 5 nitrogen and oxygen atoms in total. The lowest BCUT2D eigenvalue weighted by molar-refractivity contribution is -0.141. The van der Waals surface area contributed by atoms with Crippen molar-refractivity contribution in [1.29, 1.82) is 0 Å². The zero-order chi connectivity index (χ0) is 12.1. The van der Waals surface area contributed by atoms with Crippen LogP contribution in [0.1, 0.15) is 26.7 Å². The van der Waals surface area contributed by atoms with Gasteiger partial charge in [-0.25, -0.2) is 0 Å². The highest BCUT2D eigenvalue weighted by molar-refractivity contribution is 5.81. The molecule has 0 bridgehead atoms. The van der Waals surface area contributed by atoms with Crippen LogP contribution in [-0.2, 0) is 14.3 Å². The number of carboxylic acids is 1. The van der Waals surface area contributed by atoms with Gasteiger partial charge in [0.15, 0.2) is 0 Å². The lowest BCUT2D eigenvalue weighted by atomic mass is 10.0. The molecular weight excluding hydrogens is 210 g/mol. The second kappa shape index (κ2) is 5.84. The molecule has 1 rings (SSSR count). The lowest BCUT2D eigenvalue weighted by Crippen LogP contribution is -2.38. The Balaban J connectivity index is 2.22. The molecule has 1 aliphatic rings. The van der Waals surface area contributed by atoms with Gasteiger partial charge in [-0.15, -0.1) is 0 Å². The van der Waals surface area contributed by atoms with Crippen LogP contribution >= 0.6 is 0 Å². The summed E-state index contributed by atoms with van der Waals surface area (Å²) in [5, 5.41) is 11.4. The van der Waals surface area contributed by atoms with Crippen LogP contribution in [-0.4, -0.2) is 36.2 Å². The molecule has 0 saturated carbocycles. The molecule has 92 valence electrons. The second-order valence-corrected chi connectivity index (χ2v) is 4.38. The highest BCUT2D eigenvalue weighted by Crippen LogP contribution is 2.19. The molecule has 5 heteroatoms. The average molecular weight is 229 g/mol. The van der Waals surface area contributed by atoms with E-state index in [4.69, 9.17) is 9.84 Å². The van der Waals surface area contributed by atoms with E-state index in [2.05, 4.69) is 5.32 Å². The van der Waals surface area contributed by atoms with Crippen LogP contribution in [0, 0.1) is 11.8 Å². The molecule has 1 fully saturated rings. The maximum absolute atomic E-state index is 11.6. The topological polar surface area (TPSA) is 75.6 Å². The summed E-state index contributed by atoms with van der Waals surface area (Å²) in [6, 6.07) is 0. The van der Waals surface area contributed by atoms with E-state index in [1.54, 1.807) is 6.92 Å². The molecule has 0 aromatic rings. The molecule has 1 saturated heterocycles. The summed E-state index contributed by atoms with van der Waals surface area (Å²) in [7, 11) is 0. The van der Waals surface area contributed by atoms with E-state index in [-0.39, 0.29) is 17.9 Å². The minimum absolute atomic E-state index is 0.123. The van der Waals surface area contributed by atoms with Crippen LogP contribution in [0.5, 0.6) is 0 Å². The fourth-order valence-corrected chi connectivity index (χ4v) is 1.67. The molecule has 0 spiro atoms. The third-order valence-electron chi connectivity index (χ3n) is 2.94. The average Bonchev–Trinajstić information content (AvgIpc) is 2.64. The van der Waals surface area contributed by atoms with Crippen LogP contribution in [0.15, 0.2) is 0 Å². The van der Waals surface area contributed by atoms with E-state index >= 15 is 0 Å². The van der Waals surface area contributed by atoms with Gasteiger partial charge in [-0.3, -0.25) is 9.59 Å². The quantitative estimate of drug-likeness (QED) is 0.725. The maximum Gasteiger partial charge on any atom is 0.306 e. The highest BCUT2D eigenvalue weighted by atomic mass is 16.5. The fourth-order valence-electron chi connectivity index (χ4n) is 1.67. The predicted octanol–water partition coefficient (Wildman–Crippen LogP) is 0.638. The fraction of sp³-hybridized carbons (Fsp3) is 0.818. The van der Waals surface area contributed by atoms with Gasteiger partial charge in [-0.2, -0.15) is 0 Å². The summed E-state index contributed by atoms with van der Waals surface area (Å²) in [6.45, 7) is 4.63. The Bertz CT molecular complexity index is 267. The van der Waals surface area contributed by atoms with Gasteiger partial charge in [-0.1, -0.05) is 13.8 Å². The number of hydrogen-bond acceptors (Lipinski definition) is 3. The van der Waals surface area contributed by atoms with Crippen molar-refractivity contribution in [3.8, 4) is 0 Å². The molecule has 0 aromatic carbocycles. The number of carbonyl (C=O) groups is 2. The summed E-state index contributed by atoms with van der Waals surface area (Å²) in [5.74, 6) is -1.14. The van der Waals surface area contributed by atoms with Gasteiger partial charge < -0.3 is 15.2 Å². The number of amides is 1. The van der Waals surface area contributed by atoms with Crippen molar-refractivity contribution in [2.75, 3.05) is 13.2 Å². The lowest BCUT2D eigenvalue weighted by Gasteiger charge is -2.15. The van der Waals surface area contributed by atoms with Crippen LogP contribution in [0.3, 0.4) is 0 Å². The zero-order valence-electron chi connectivity index (χ0n) is 9.73. The van der Waals surface area contributed by atoms with Gasteiger partial charge in [0, 0.05) is 13.2 Å². The minimum Gasteiger partial charge on any atom is -0.481 e. The van der Waals surface area contributed by atoms with Crippen molar-refractivity contribution >= 4 is 11.9 Å². The van der Waals surface area contributed by atoms with Crippen molar-refractivity contribution in [3.05, 3.63) is 0 Å². The SMILES string of the molecule is CC(CCNC(=O)C1OCCC1C)C(=O)O. The molecule has 1 amide bonds. The first-order valence-corrected chi connectivity index (χ1v) is 5.64. The van der Waals surface area contributed by atoms with Crippen LogP contribution < -0.4 is 5.32 Å². The van der Waals surface area contributed by atoms with E-state index in [1.807, 2.05) is 6.92 Å². The van der Waals surface area contributed by atoms with E-state index in [0.717, 1.165) is 6.42 Å². The molecule has 0 aromatic heterocycles. The Morgan fingerprint density at radius 2 is 2.25 bits per heavy atom. The molecule has 0 radical (unpaired) electrons. The van der Waals surface area contributed by atoms with Gasteiger partial charge in [0.05, 0.1) is 5.92 Å². The zero-order valence-corrected chi connectivity index (χ0v) is 9.73. The van der Waals surface area contributed by atoms with E-state index in [9.17, 15) is 9.59 Å². The smallest absolute Gasteiger partial charge is 0.306 e. The van der Waals surface area contributed by atoms with Gasteiger partial charge in [-0.05, 0) is 18.8 Å². The Kier molecular flexibility index (Phi) is 4.73. The Labute approximate surface area is 95.2 Å². The van der Waals surface area contributed by atoms with Gasteiger partial charge in [0.1, 0.15) is 6.10 Å². The molecule has 1 aliphatic heterocycles. The monoisotopic (exact) mass is 229 g/mol. The molecule has 1 heterocycles. The maximum atomic E-state index is 11.6. The third kappa shape index (κ3) is 3.48. The summed E-state index contributed by atoms with van der Waals surface area (Å²) >= 11 is 0. The normalized spacial score (nSPS) is 26.4. The van der Waals surface area contributed by atoms with Crippen molar-refractivity contribution in [2.24, 2.45) is 11.8 Å². The largest absolute Gasteiger partial charge is 0.481 e. The summed E-state index contributed by atoms with van der Waals surface area (Å²) in [6.07, 6.45) is 0.992. The molecule has 3 atom stereocenters. The molecule has 0 aliphatic carbocycles. The van der Waals surface area contributed by atoms with Crippen LogP contribution in [0.4, 0.5) is 0 Å². The van der Waals surface area contributed by atoms with E-state index in [1.165, 1.54) is 0 Å². The van der Waals surface area contributed by atoms with Gasteiger partial charge in [0.2, 0.25) is 5.91 Å². The minimum atomic E-state index is -0.834. The number of nitrogens with one attached hydrogen (secondary N) is 1. The summed E-state index contributed by atoms with van der Waals surface area (Å²) in [5.41, 5.74) is 0. The number of hydrogen-bond donors (Lipinski definition) is 2. The van der Waals surface area contributed by atoms with Crippen molar-refractivity contribution in [2.45, 2.75) is 32.8 Å². The first-order valence-electron chi connectivity index (χ1n) is 5.64. The molecule has 2 N–H and O–H groups in total. The van der Waals surface area contributed by atoms with Gasteiger partial charge >= 0.3 is 5.97 Å². The van der Waals surface area contributed by atoms with Crippen molar-refractivity contribution in [3.63, 3.8) is 0 Å². The van der Waals surface area contributed by atoms with E-state index in [0.29, 0.717) is 19.6 Å². The number of ether oxygens (including phenoxy) is 1. The Hall–Kier alpha value is -1.10. The number of aliphatic carboxylic acids is 1. The van der Waals surface area contributed by atoms with E-state index < -0.39 is 11.9 Å². The first kappa shape index (κ1) is 13.0.